The van der Waals surface area contributed by atoms with Gasteiger partial charge in [0.2, 0.25) is 0 Å². The van der Waals surface area contributed by atoms with Gasteiger partial charge in [-0.05, 0) is 62.7 Å². The Balaban J connectivity index is 1.62. The molecule has 1 aromatic carbocycles. The molecule has 7 nitrogen and oxygen atoms in total. The molecule has 1 N–H and O–H groups in total. The number of amides is 1. The van der Waals surface area contributed by atoms with Gasteiger partial charge in [-0.1, -0.05) is 17.7 Å². The van der Waals surface area contributed by atoms with E-state index in [1.54, 1.807) is 17.3 Å². The van der Waals surface area contributed by atoms with Crippen LogP contribution in [0.25, 0.3) is 27.7 Å². The first-order chi connectivity index (χ1) is 16.7. The van der Waals surface area contributed by atoms with Crippen molar-refractivity contribution in [2.45, 2.75) is 32.4 Å². The van der Waals surface area contributed by atoms with Gasteiger partial charge in [0.15, 0.2) is 0 Å². The van der Waals surface area contributed by atoms with E-state index in [2.05, 4.69) is 20.6 Å². The van der Waals surface area contributed by atoms with Gasteiger partial charge in [-0.3, -0.25) is 9.78 Å². The van der Waals surface area contributed by atoms with Crippen molar-refractivity contribution in [2.75, 3.05) is 24.5 Å². The number of carbonyl (C=O) groups excluding carboxylic acids is 1. The molecule has 1 aliphatic heterocycles. The van der Waals surface area contributed by atoms with Gasteiger partial charge in [-0.15, -0.1) is 0 Å². The molecule has 0 spiro atoms. The Labute approximate surface area is 209 Å². The number of halogens is 1. The molecule has 0 aliphatic carbocycles. The van der Waals surface area contributed by atoms with E-state index in [9.17, 15) is 9.90 Å². The van der Waals surface area contributed by atoms with Crippen molar-refractivity contribution in [3.63, 3.8) is 0 Å². The van der Waals surface area contributed by atoms with Gasteiger partial charge in [0.25, 0.3) is 5.91 Å². The summed E-state index contributed by atoms with van der Waals surface area (Å²) in [5.74, 6) is 0.623. The molecule has 3 aromatic heterocycles. The second kappa shape index (κ2) is 8.98. The molecule has 0 bridgehead atoms. The minimum atomic E-state index is -1.39. The summed E-state index contributed by atoms with van der Waals surface area (Å²) in [7, 11) is 0. The molecular formula is C27H28ClN5O2. The lowest BCUT2D eigenvalue weighted by molar-refractivity contribution is -0.150. The summed E-state index contributed by atoms with van der Waals surface area (Å²) in [6.45, 7) is 6.84. The van der Waals surface area contributed by atoms with E-state index in [-0.39, 0.29) is 11.9 Å². The zero-order valence-electron chi connectivity index (χ0n) is 20.0. The lowest BCUT2D eigenvalue weighted by Gasteiger charge is -2.42. The van der Waals surface area contributed by atoms with Crippen LogP contribution in [0.15, 0.2) is 67.3 Å². The second-order valence-electron chi connectivity index (χ2n) is 9.51. The highest BCUT2D eigenvalue weighted by molar-refractivity contribution is 6.30. The average molecular weight is 490 g/mol. The summed E-state index contributed by atoms with van der Waals surface area (Å²) in [6, 6.07) is 13.7. The zero-order valence-corrected chi connectivity index (χ0v) is 20.8. The van der Waals surface area contributed by atoms with Gasteiger partial charge >= 0.3 is 0 Å². The molecule has 8 heteroatoms. The fraction of sp³-hybridized carbons (Fsp3) is 0.296. The number of hydrogen-bond donors (Lipinski definition) is 1. The van der Waals surface area contributed by atoms with Crippen LogP contribution in [-0.4, -0.2) is 61.7 Å². The monoisotopic (exact) mass is 489 g/mol. The van der Waals surface area contributed by atoms with Crippen LogP contribution in [0, 0.1) is 0 Å². The van der Waals surface area contributed by atoms with Gasteiger partial charge < -0.3 is 19.5 Å². The zero-order chi connectivity index (χ0) is 24.7. The maximum atomic E-state index is 12.7. The first-order valence-electron chi connectivity index (χ1n) is 11.7. The van der Waals surface area contributed by atoms with Gasteiger partial charge in [-0.2, -0.15) is 0 Å². The van der Waals surface area contributed by atoms with E-state index >= 15 is 0 Å². The minimum Gasteiger partial charge on any atom is -0.381 e. The quantitative estimate of drug-likeness (QED) is 0.455. The summed E-state index contributed by atoms with van der Waals surface area (Å²) < 4.78 is 2.14. The standard InChI is InChI=1S/C27H28ClN5O2/c1-18-16-31(13-14-32(18)26(34)27(2,3)35)25-24-22(19-7-10-29-11-8-19)17-33(23(24)9-12-30-25)21-6-4-5-20(28)15-21/h4-12,15,17-18,35H,13-14,16H2,1-3H3. The highest BCUT2D eigenvalue weighted by Gasteiger charge is 2.36. The molecule has 0 saturated carbocycles. The van der Waals surface area contributed by atoms with Crippen LogP contribution in [-0.2, 0) is 4.79 Å². The Bertz CT molecular complexity index is 1380. The van der Waals surface area contributed by atoms with Crippen LogP contribution >= 0.6 is 11.6 Å². The summed E-state index contributed by atoms with van der Waals surface area (Å²) in [4.78, 5) is 25.7. The van der Waals surface area contributed by atoms with Crippen LogP contribution in [0.3, 0.4) is 0 Å². The number of hydrogen-bond acceptors (Lipinski definition) is 5. The van der Waals surface area contributed by atoms with Crippen LogP contribution in [0.1, 0.15) is 20.8 Å². The Hall–Kier alpha value is -3.42. The fourth-order valence-corrected chi connectivity index (χ4v) is 4.98. The molecule has 1 aliphatic rings. The number of aliphatic hydroxyl groups is 1. The number of nitrogens with zero attached hydrogens (tertiary/aromatic N) is 5. The largest absolute Gasteiger partial charge is 0.381 e. The number of benzene rings is 1. The molecule has 180 valence electrons. The molecule has 4 heterocycles. The van der Waals surface area contributed by atoms with Gasteiger partial charge in [0.1, 0.15) is 11.4 Å². The average Bonchev–Trinajstić information content (AvgIpc) is 3.23. The van der Waals surface area contributed by atoms with E-state index < -0.39 is 5.60 Å². The van der Waals surface area contributed by atoms with Crippen molar-refractivity contribution < 1.29 is 9.90 Å². The summed E-state index contributed by atoms with van der Waals surface area (Å²) in [5, 5.41) is 11.9. The summed E-state index contributed by atoms with van der Waals surface area (Å²) in [5.41, 5.74) is 2.69. The van der Waals surface area contributed by atoms with Crippen LogP contribution in [0.5, 0.6) is 0 Å². The van der Waals surface area contributed by atoms with E-state index in [0.29, 0.717) is 24.7 Å². The first-order valence-corrected chi connectivity index (χ1v) is 12.1. The highest BCUT2D eigenvalue weighted by Crippen LogP contribution is 2.38. The van der Waals surface area contributed by atoms with Crippen molar-refractivity contribution in [2.24, 2.45) is 0 Å². The number of fused-ring (bicyclic) bond motifs is 1. The SMILES string of the molecule is CC1CN(c2nccc3c2c(-c2ccncc2)cn3-c2cccc(Cl)c2)CCN1C(=O)C(C)(C)O. The van der Waals surface area contributed by atoms with Crippen LogP contribution in [0.4, 0.5) is 5.82 Å². The summed E-state index contributed by atoms with van der Waals surface area (Å²) in [6.07, 6.45) is 7.52. The van der Waals surface area contributed by atoms with Crippen LogP contribution < -0.4 is 4.90 Å². The predicted molar refractivity (Wildman–Crippen MR) is 139 cm³/mol. The number of carbonyl (C=O) groups is 1. The Kier molecular flexibility index (Phi) is 5.99. The smallest absolute Gasteiger partial charge is 0.254 e. The number of piperazine rings is 1. The molecule has 4 aromatic rings. The summed E-state index contributed by atoms with van der Waals surface area (Å²) >= 11 is 6.32. The fourth-order valence-electron chi connectivity index (χ4n) is 4.80. The van der Waals surface area contributed by atoms with E-state index in [0.717, 1.165) is 33.5 Å². The van der Waals surface area contributed by atoms with E-state index in [1.165, 1.54) is 13.8 Å². The topological polar surface area (TPSA) is 74.5 Å². The lowest BCUT2D eigenvalue weighted by atomic mass is 10.0. The molecule has 1 unspecified atom stereocenters. The second-order valence-corrected chi connectivity index (χ2v) is 9.95. The number of anilines is 1. The van der Waals surface area contributed by atoms with Gasteiger partial charge in [0.05, 0.1) is 10.9 Å². The third-order valence-electron chi connectivity index (χ3n) is 6.49. The molecule has 0 radical (unpaired) electrons. The molecular weight excluding hydrogens is 462 g/mol. The number of pyridine rings is 2. The number of aromatic nitrogens is 3. The third-order valence-corrected chi connectivity index (χ3v) is 6.72. The predicted octanol–water partition coefficient (Wildman–Crippen LogP) is 4.55. The van der Waals surface area contributed by atoms with Crippen molar-refractivity contribution in [3.8, 4) is 16.8 Å². The molecule has 1 fully saturated rings. The van der Waals surface area contributed by atoms with E-state index in [4.69, 9.17) is 16.6 Å². The molecule has 1 amide bonds. The third kappa shape index (κ3) is 4.37. The van der Waals surface area contributed by atoms with Crippen LogP contribution in [0.2, 0.25) is 5.02 Å². The van der Waals surface area contributed by atoms with Gasteiger partial charge in [0, 0.05) is 66.7 Å². The minimum absolute atomic E-state index is 0.0703. The van der Waals surface area contributed by atoms with Crippen molar-refractivity contribution in [3.05, 3.63) is 72.3 Å². The highest BCUT2D eigenvalue weighted by atomic mass is 35.5. The van der Waals surface area contributed by atoms with Crippen molar-refractivity contribution in [1.82, 2.24) is 19.4 Å². The number of rotatable bonds is 4. The molecule has 1 saturated heterocycles. The Morgan fingerprint density at radius 3 is 2.57 bits per heavy atom. The molecule has 1 atom stereocenters. The maximum absolute atomic E-state index is 12.7. The Morgan fingerprint density at radius 2 is 1.89 bits per heavy atom. The molecule has 35 heavy (non-hydrogen) atoms. The van der Waals surface area contributed by atoms with Gasteiger partial charge in [-0.25, -0.2) is 4.98 Å². The van der Waals surface area contributed by atoms with Crippen molar-refractivity contribution in [1.29, 1.82) is 0 Å². The van der Waals surface area contributed by atoms with E-state index in [1.807, 2.05) is 55.6 Å². The van der Waals surface area contributed by atoms with Crippen molar-refractivity contribution >= 4 is 34.2 Å². The normalized spacial score (nSPS) is 16.7. The maximum Gasteiger partial charge on any atom is 0.254 e. The lowest BCUT2D eigenvalue weighted by Crippen LogP contribution is -2.58. The Morgan fingerprint density at radius 1 is 1.11 bits per heavy atom. The first kappa shape index (κ1) is 23.3. The molecule has 5 rings (SSSR count).